The quantitative estimate of drug-likeness (QED) is 0.648. The number of nitrogens with zero attached hydrogens (tertiary/aromatic N) is 5. The molecule has 0 amide bonds. The molecule has 2 heterocycles. The first-order valence-electron chi connectivity index (χ1n) is 7.37. The molecule has 0 aliphatic carbocycles. The molecule has 132 valence electrons. The van der Waals surface area contributed by atoms with Crippen molar-refractivity contribution in [3.63, 3.8) is 0 Å². The molecule has 2 atom stereocenters. The zero-order valence-corrected chi connectivity index (χ0v) is 16.8. The van der Waals surface area contributed by atoms with Crippen LogP contribution in [0, 0.1) is 17.5 Å². The zero-order valence-electron chi connectivity index (χ0n) is 13.9. The number of benzene rings is 1. The Morgan fingerprint density at radius 1 is 1.15 bits per heavy atom. The predicted octanol–water partition coefficient (Wildman–Crippen LogP) is 2.17. The maximum absolute atomic E-state index is 14.4. The zero-order chi connectivity index (χ0) is 18.0. The van der Waals surface area contributed by atoms with E-state index in [-0.39, 0.29) is 37.3 Å². The van der Waals surface area contributed by atoms with Crippen molar-refractivity contribution in [1.29, 1.82) is 0 Å². The molecule has 0 saturated carbocycles. The second-order valence-corrected chi connectivity index (χ2v) is 5.62. The Morgan fingerprint density at radius 3 is 2.54 bits per heavy atom. The minimum Gasteiger partial charge on any atom is -0.382 e. The molecule has 3 aromatic rings. The van der Waals surface area contributed by atoms with E-state index in [0.717, 1.165) is 24.7 Å². The van der Waals surface area contributed by atoms with Gasteiger partial charge in [-0.1, -0.05) is 13.0 Å². The third-order valence-electron chi connectivity index (χ3n) is 4.09. The van der Waals surface area contributed by atoms with Gasteiger partial charge in [0.25, 0.3) is 0 Å². The molecule has 1 N–H and O–H groups in total. The maximum atomic E-state index is 14.4. The van der Waals surface area contributed by atoms with Crippen LogP contribution in [0.15, 0.2) is 43.4 Å². The summed E-state index contributed by atoms with van der Waals surface area (Å²) in [5.41, 5.74) is -2.25. The molecule has 3 rings (SSSR count). The summed E-state index contributed by atoms with van der Waals surface area (Å²) < 4.78 is 43.0. The van der Waals surface area contributed by atoms with Crippen LogP contribution in [0.2, 0.25) is 0 Å². The van der Waals surface area contributed by atoms with Crippen LogP contribution < -0.4 is 0 Å². The Balaban J connectivity index is 0.00000243. The van der Waals surface area contributed by atoms with E-state index >= 15 is 0 Å². The molecule has 6 nitrogen and oxygen atoms in total. The van der Waals surface area contributed by atoms with Gasteiger partial charge < -0.3 is 5.11 Å². The predicted molar refractivity (Wildman–Crippen MR) is 80.7 cm³/mol. The van der Waals surface area contributed by atoms with Crippen molar-refractivity contribution in [3.05, 3.63) is 72.1 Å². The smallest absolute Gasteiger partial charge is 0.163 e. The van der Waals surface area contributed by atoms with Crippen molar-refractivity contribution in [1.82, 2.24) is 24.7 Å². The maximum Gasteiger partial charge on any atom is 0.163 e. The van der Waals surface area contributed by atoms with Crippen molar-refractivity contribution >= 4 is 0 Å². The summed E-state index contributed by atoms with van der Waals surface area (Å²) in [4.78, 5) is 11.2. The molecule has 0 saturated heterocycles. The Labute approximate surface area is 159 Å². The number of hydrogen-bond donors (Lipinski definition) is 1. The van der Waals surface area contributed by atoms with Crippen LogP contribution in [0.4, 0.5) is 13.2 Å². The van der Waals surface area contributed by atoms with Gasteiger partial charge in [0.2, 0.25) is 0 Å². The van der Waals surface area contributed by atoms with Crippen LogP contribution in [0.1, 0.15) is 24.1 Å². The minimum atomic E-state index is -1.96. The van der Waals surface area contributed by atoms with E-state index in [0.29, 0.717) is 6.07 Å². The van der Waals surface area contributed by atoms with Crippen LogP contribution in [0.5, 0.6) is 0 Å². The summed E-state index contributed by atoms with van der Waals surface area (Å²) in [7, 11) is 0. The second kappa shape index (κ2) is 8.01. The SMILES string of the molecule is CC(c1ncncc1F)C(O)(Cn1cncn1)c1ccc(F)cc1F.[Zn]. The fourth-order valence-electron chi connectivity index (χ4n) is 2.72. The van der Waals surface area contributed by atoms with Crippen molar-refractivity contribution in [2.75, 3.05) is 0 Å². The first-order chi connectivity index (χ1) is 11.9. The third-order valence-corrected chi connectivity index (χ3v) is 4.09. The molecule has 10 heteroatoms. The molecular weight excluding hydrogens is 401 g/mol. The van der Waals surface area contributed by atoms with Gasteiger partial charge in [0, 0.05) is 37.0 Å². The number of halogens is 3. The first kappa shape index (κ1) is 20.1. The fraction of sp³-hybridized carbons (Fsp3) is 0.250. The number of rotatable bonds is 5. The largest absolute Gasteiger partial charge is 0.382 e. The Morgan fingerprint density at radius 2 is 1.92 bits per heavy atom. The Kier molecular flexibility index (Phi) is 6.20. The van der Waals surface area contributed by atoms with Gasteiger partial charge >= 0.3 is 0 Å². The summed E-state index contributed by atoms with van der Waals surface area (Å²) in [6.45, 7) is 1.26. The average molecular weight is 415 g/mol. The number of hydrogen-bond acceptors (Lipinski definition) is 5. The standard InChI is InChI=1S/C16H14F3N5O.Zn/c1-10(15-14(19)5-20-7-22-15)16(25,6-24-9-21-8-23-24)12-3-2-11(17)4-13(12)18;/h2-5,7-10,25H,6H2,1H3;. The van der Waals surface area contributed by atoms with E-state index in [1.54, 1.807) is 0 Å². The van der Waals surface area contributed by atoms with Gasteiger partial charge in [-0.25, -0.2) is 32.8 Å². The van der Waals surface area contributed by atoms with E-state index in [1.807, 2.05) is 0 Å². The van der Waals surface area contributed by atoms with Crippen LogP contribution in [0.25, 0.3) is 0 Å². The number of aliphatic hydroxyl groups is 1. The summed E-state index contributed by atoms with van der Waals surface area (Å²) in [6, 6.07) is 2.80. The molecule has 0 aliphatic heterocycles. The monoisotopic (exact) mass is 413 g/mol. The van der Waals surface area contributed by atoms with Gasteiger partial charge in [0.1, 0.15) is 36.2 Å². The summed E-state index contributed by atoms with van der Waals surface area (Å²) >= 11 is 0. The summed E-state index contributed by atoms with van der Waals surface area (Å²) in [5.74, 6) is -3.47. The van der Waals surface area contributed by atoms with Gasteiger partial charge in [0.15, 0.2) is 5.82 Å². The van der Waals surface area contributed by atoms with E-state index in [1.165, 1.54) is 24.3 Å². The van der Waals surface area contributed by atoms with Crippen molar-refractivity contribution in [2.45, 2.75) is 25.0 Å². The van der Waals surface area contributed by atoms with Gasteiger partial charge in [-0.3, -0.25) is 0 Å². The van der Waals surface area contributed by atoms with Crippen molar-refractivity contribution < 1.29 is 37.8 Å². The second-order valence-electron chi connectivity index (χ2n) is 5.62. The van der Waals surface area contributed by atoms with Crippen LogP contribution in [-0.4, -0.2) is 29.8 Å². The third kappa shape index (κ3) is 3.81. The van der Waals surface area contributed by atoms with Gasteiger partial charge in [-0.15, -0.1) is 0 Å². The normalized spacial score (nSPS) is 14.3. The van der Waals surface area contributed by atoms with E-state index in [2.05, 4.69) is 20.1 Å². The van der Waals surface area contributed by atoms with Crippen LogP contribution in [0.3, 0.4) is 0 Å². The van der Waals surface area contributed by atoms with Crippen LogP contribution >= 0.6 is 0 Å². The van der Waals surface area contributed by atoms with Crippen molar-refractivity contribution in [2.24, 2.45) is 0 Å². The Hall–Kier alpha value is -2.19. The van der Waals surface area contributed by atoms with Gasteiger partial charge in [-0.2, -0.15) is 5.10 Å². The molecule has 0 radical (unpaired) electrons. The summed E-state index contributed by atoms with van der Waals surface area (Å²) in [5, 5.41) is 15.2. The van der Waals surface area contributed by atoms with Gasteiger partial charge in [-0.05, 0) is 6.07 Å². The fourth-order valence-corrected chi connectivity index (χ4v) is 2.72. The summed E-state index contributed by atoms with van der Waals surface area (Å²) in [6.07, 6.45) is 4.66. The average Bonchev–Trinajstić information content (AvgIpc) is 3.07. The molecule has 2 unspecified atom stereocenters. The topological polar surface area (TPSA) is 76.7 Å². The molecular formula is C16H14F3N5OZn. The van der Waals surface area contributed by atoms with E-state index in [9.17, 15) is 18.3 Å². The molecule has 0 fully saturated rings. The Bertz CT molecular complexity index is 880. The molecule has 0 spiro atoms. The molecule has 1 aromatic carbocycles. The first-order valence-corrected chi connectivity index (χ1v) is 7.37. The van der Waals surface area contributed by atoms with E-state index in [4.69, 9.17) is 0 Å². The molecule has 0 aliphatic rings. The van der Waals surface area contributed by atoms with Gasteiger partial charge in [0.05, 0.1) is 18.4 Å². The van der Waals surface area contributed by atoms with Crippen molar-refractivity contribution in [3.8, 4) is 0 Å². The molecule has 2 aromatic heterocycles. The van der Waals surface area contributed by atoms with E-state index < -0.39 is 29.0 Å². The molecule has 26 heavy (non-hydrogen) atoms. The van der Waals surface area contributed by atoms with Crippen LogP contribution in [-0.2, 0) is 31.6 Å². The number of aromatic nitrogens is 5. The minimum absolute atomic E-state index is 0. The molecule has 0 bridgehead atoms.